The minimum atomic E-state index is 0.647. The van der Waals surface area contributed by atoms with Gasteiger partial charge in [0.05, 0.1) is 6.54 Å². The molecule has 0 atom stereocenters. The van der Waals surface area contributed by atoms with Crippen LogP contribution in [0.1, 0.15) is 28.2 Å². The van der Waals surface area contributed by atoms with E-state index in [0.717, 1.165) is 34.6 Å². The molecule has 26 heavy (non-hydrogen) atoms. The Morgan fingerprint density at radius 1 is 1.15 bits per heavy atom. The molecule has 0 aliphatic carbocycles. The second kappa shape index (κ2) is 8.57. The fraction of sp³-hybridized carbons (Fsp3) is 0.333. The Bertz CT molecular complexity index is 864. The van der Waals surface area contributed by atoms with Gasteiger partial charge in [0.25, 0.3) is 0 Å². The van der Waals surface area contributed by atoms with Gasteiger partial charge in [-0.15, -0.1) is 11.3 Å². The summed E-state index contributed by atoms with van der Waals surface area (Å²) in [5.41, 5.74) is 1.08. The van der Waals surface area contributed by atoms with Crippen molar-refractivity contribution in [1.29, 1.82) is 0 Å². The third kappa shape index (κ3) is 4.45. The second-order valence-electron chi connectivity index (χ2n) is 5.72. The smallest absolute Gasteiger partial charge is 0.191 e. The highest BCUT2D eigenvalue weighted by atomic mass is 32.1. The van der Waals surface area contributed by atoms with Gasteiger partial charge in [0, 0.05) is 43.3 Å². The van der Waals surface area contributed by atoms with Gasteiger partial charge >= 0.3 is 0 Å². The molecule has 3 rings (SSSR count). The number of aromatic nitrogens is 4. The van der Waals surface area contributed by atoms with Gasteiger partial charge in [-0.3, -0.25) is 9.56 Å². The van der Waals surface area contributed by atoms with E-state index in [-0.39, 0.29) is 0 Å². The predicted molar refractivity (Wildman–Crippen MR) is 105 cm³/mol. The van der Waals surface area contributed by atoms with Crippen LogP contribution in [0, 0.1) is 6.92 Å². The lowest BCUT2D eigenvalue weighted by Gasteiger charge is -2.11. The molecule has 0 saturated carbocycles. The number of aryl methyl sites for hydroxylation is 2. The van der Waals surface area contributed by atoms with Crippen molar-refractivity contribution in [1.82, 2.24) is 30.2 Å². The first-order chi connectivity index (χ1) is 12.7. The molecule has 3 aromatic heterocycles. The van der Waals surface area contributed by atoms with Crippen molar-refractivity contribution in [3.63, 3.8) is 0 Å². The Balaban J connectivity index is 1.52. The van der Waals surface area contributed by atoms with E-state index in [2.05, 4.69) is 43.6 Å². The molecule has 0 fully saturated rings. The Kier molecular flexibility index (Phi) is 5.96. The van der Waals surface area contributed by atoms with E-state index in [0.29, 0.717) is 13.1 Å². The van der Waals surface area contributed by atoms with E-state index in [9.17, 15) is 0 Å². The van der Waals surface area contributed by atoms with E-state index < -0.39 is 0 Å². The molecular formula is C18H23N7S. The Morgan fingerprint density at radius 3 is 2.62 bits per heavy atom. The number of nitrogens with one attached hydrogen (secondary N) is 2. The van der Waals surface area contributed by atoms with Gasteiger partial charge in [-0.2, -0.15) is 0 Å². The lowest BCUT2D eigenvalue weighted by molar-refractivity contribution is 0.801. The second-order valence-corrected chi connectivity index (χ2v) is 6.92. The first-order valence-electron chi connectivity index (χ1n) is 8.53. The standard InChI is InChI=1S/C18H23N7S/c1-4-15-11-22-17(26-15)12-24-18(19-3)23-10-14-5-6-16(21-9-14)25-8-7-20-13(25)2/h5-9,11H,4,10,12H2,1-3H3,(H2,19,23,24). The third-order valence-electron chi connectivity index (χ3n) is 3.92. The highest BCUT2D eigenvalue weighted by Gasteiger charge is 2.04. The minimum Gasteiger partial charge on any atom is -0.352 e. The van der Waals surface area contributed by atoms with E-state index >= 15 is 0 Å². The topological polar surface area (TPSA) is 80.0 Å². The SMILES string of the molecule is CCc1cnc(CNC(=NC)NCc2ccc(-n3ccnc3C)nc2)s1. The summed E-state index contributed by atoms with van der Waals surface area (Å²) in [6.07, 6.45) is 8.50. The van der Waals surface area contributed by atoms with Gasteiger partial charge in [0.2, 0.25) is 0 Å². The fourth-order valence-electron chi connectivity index (χ4n) is 2.44. The Labute approximate surface area is 157 Å². The average molecular weight is 369 g/mol. The predicted octanol–water partition coefficient (Wildman–Crippen LogP) is 2.46. The molecule has 3 aromatic rings. The average Bonchev–Trinajstić information content (AvgIpc) is 3.31. The number of hydrogen-bond donors (Lipinski definition) is 2. The van der Waals surface area contributed by atoms with Crippen molar-refractivity contribution < 1.29 is 0 Å². The number of thiazole rings is 1. The molecule has 0 radical (unpaired) electrons. The number of rotatable bonds is 6. The number of hydrogen-bond acceptors (Lipinski definition) is 5. The van der Waals surface area contributed by atoms with Crippen LogP contribution in [0.25, 0.3) is 5.82 Å². The monoisotopic (exact) mass is 369 g/mol. The normalized spacial score (nSPS) is 11.6. The van der Waals surface area contributed by atoms with Crippen LogP contribution in [-0.2, 0) is 19.5 Å². The van der Waals surface area contributed by atoms with Crippen LogP contribution >= 0.6 is 11.3 Å². The number of imidazole rings is 1. The van der Waals surface area contributed by atoms with E-state index in [1.165, 1.54) is 4.88 Å². The van der Waals surface area contributed by atoms with Crippen molar-refractivity contribution in [3.8, 4) is 5.82 Å². The van der Waals surface area contributed by atoms with Crippen molar-refractivity contribution >= 4 is 17.3 Å². The van der Waals surface area contributed by atoms with Gasteiger partial charge in [0.15, 0.2) is 5.96 Å². The summed E-state index contributed by atoms with van der Waals surface area (Å²) in [6, 6.07) is 4.04. The summed E-state index contributed by atoms with van der Waals surface area (Å²) in [7, 11) is 1.76. The van der Waals surface area contributed by atoms with Crippen LogP contribution in [0.15, 0.2) is 41.9 Å². The molecule has 3 heterocycles. The van der Waals surface area contributed by atoms with Gasteiger partial charge in [-0.1, -0.05) is 13.0 Å². The van der Waals surface area contributed by atoms with Crippen molar-refractivity contribution in [2.75, 3.05) is 7.05 Å². The lowest BCUT2D eigenvalue weighted by atomic mass is 10.3. The number of guanidine groups is 1. The summed E-state index contributed by atoms with van der Waals surface area (Å²) in [5.74, 6) is 2.52. The van der Waals surface area contributed by atoms with Crippen molar-refractivity contribution in [2.24, 2.45) is 4.99 Å². The summed E-state index contributed by atoms with van der Waals surface area (Å²) in [5, 5.41) is 7.65. The van der Waals surface area contributed by atoms with E-state index in [1.807, 2.05) is 36.1 Å². The van der Waals surface area contributed by atoms with Crippen LogP contribution in [0.3, 0.4) is 0 Å². The molecule has 2 N–H and O–H groups in total. The molecule has 0 bridgehead atoms. The quantitative estimate of drug-likeness (QED) is 0.515. The van der Waals surface area contributed by atoms with Gasteiger partial charge in [-0.05, 0) is 25.0 Å². The van der Waals surface area contributed by atoms with Crippen LogP contribution in [0.4, 0.5) is 0 Å². The molecule has 7 nitrogen and oxygen atoms in total. The maximum absolute atomic E-state index is 4.51. The summed E-state index contributed by atoms with van der Waals surface area (Å²) >= 11 is 1.73. The molecule has 0 aliphatic rings. The van der Waals surface area contributed by atoms with E-state index in [1.54, 1.807) is 24.6 Å². The molecule has 8 heteroatoms. The highest BCUT2D eigenvalue weighted by molar-refractivity contribution is 7.11. The Hall–Kier alpha value is -2.74. The molecule has 0 amide bonds. The van der Waals surface area contributed by atoms with Crippen molar-refractivity contribution in [2.45, 2.75) is 33.4 Å². The maximum Gasteiger partial charge on any atom is 0.191 e. The molecule has 0 unspecified atom stereocenters. The number of pyridine rings is 1. The summed E-state index contributed by atoms with van der Waals surface area (Å²) in [4.78, 5) is 18.7. The maximum atomic E-state index is 4.51. The molecule has 0 saturated heterocycles. The lowest BCUT2D eigenvalue weighted by Crippen LogP contribution is -2.36. The zero-order chi connectivity index (χ0) is 18.4. The zero-order valence-electron chi connectivity index (χ0n) is 15.2. The summed E-state index contributed by atoms with van der Waals surface area (Å²) < 4.78 is 1.95. The van der Waals surface area contributed by atoms with Gasteiger partial charge in [-0.25, -0.2) is 15.0 Å². The van der Waals surface area contributed by atoms with Crippen LogP contribution in [0.5, 0.6) is 0 Å². The molecule has 0 spiro atoms. The summed E-state index contributed by atoms with van der Waals surface area (Å²) in [6.45, 7) is 5.41. The number of nitrogens with zero attached hydrogens (tertiary/aromatic N) is 5. The van der Waals surface area contributed by atoms with Crippen LogP contribution in [0.2, 0.25) is 0 Å². The number of aliphatic imine (C=N–C) groups is 1. The highest BCUT2D eigenvalue weighted by Crippen LogP contribution is 2.12. The fourth-order valence-corrected chi connectivity index (χ4v) is 3.24. The Morgan fingerprint density at radius 2 is 2.00 bits per heavy atom. The first kappa shape index (κ1) is 18.1. The minimum absolute atomic E-state index is 0.647. The largest absolute Gasteiger partial charge is 0.352 e. The van der Waals surface area contributed by atoms with Gasteiger partial charge < -0.3 is 10.6 Å². The zero-order valence-corrected chi connectivity index (χ0v) is 16.0. The van der Waals surface area contributed by atoms with Crippen LogP contribution < -0.4 is 10.6 Å². The first-order valence-corrected chi connectivity index (χ1v) is 9.34. The van der Waals surface area contributed by atoms with E-state index in [4.69, 9.17) is 0 Å². The third-order valence-corrected chi connectivity index (χ3v) is 5.06. The molecule has 0 aromatic carbocycles. The molecular weight excluding hydrogens is 346 g/mol. The van der Waals surface area contributed by atoms with Crippen LogP contribution in [-0.4, -0.2) is 32.5 Å². The van der Waals surface area contributed by atoms with Gasteiger partial charge in [0.1, 0.15) is 16.6 Å². The molecule has 0 aliphatic heterocycles. The van der Waals surface area contributed by atoms with Crippen molar-refractivity contribution in [3.05, 3.63) is 58.2 Å². The molecule has 136 valence electrons.